The first-order chi connectivity index (χ1) is 11.6. The molecule has 1 amide bonds. The van der Waals surface area contributed by atoms with Gasteiger partial charge in [0.05, 0.1) is 11.5 Å². The Labute approximate surface area is 142 Å². The molecule has 1 aromatic carbocycles. The van der Waals surface area contributed by atoms with E-state index in [1.54, 1.807) is 13.0 Å². The number of ether oxygens (including phenoxy) is 1. The van der Waals surface area contributed by atoms with Gasteiger partial charge in [-0.1, -0.05) is 6.92 Å². The molecular formula is C17H25N3O4. The fraction of sp³-hybridized carbons (Fsp3) is 0.588. The highest BCUT2D eigenvalue weighted by atomic mass is 16.6. The summed E-state index contributed by atoms with van der Waals surface area (Å²) in [6.07, 6.45) is 2.67. The first-order valence-corrected chi connectivity index (χ1v) is 8.51. The summed E-state index contributed by atoms with van der Waals surface area (Å²) in [7, 11) is 0. The molecule has 0 aliphatic carbocycles. The summed E-state index contributed by atoms with van der Waals surface area (Å²) in [5.41, 5.74) is 0.182. The first-order valence-electron chi connectivity index (χ1n) is 8.51. The largest absolute Gasteiger partial charge is 0.487 e. The van der Waals surface area contributed by atoms with E-state index < -0.39 is 4.92 Å². The van der Waals surface area contributed by atoms with Gasteiger partial charge in [-0.15, -0.1) is 0 Å². The number of hydrogen-bond acceptors (Lipinski definition) is 5. The highest BCUT2D eigenvalue weighted by molar-refractivity contribution is 5.95. The van der Waals surface area contributed by atoms with Gasteiger partial charge < -0.3 is 15.0 Å². The van der Waals surface area contributed by atoms with E-state index in [0.29, 0.717) is 18.7 Å². The van der Waals surface area contributed by atoms with Crippen LogP contribution in [0.4, 0.5) is 5.69 Å². The first kappa shape index (κ1) is 18.2. The van der Waals surface area contributed by atoms with Crippen LogP contribution in [-0.4, -0.2) is 48.0 Å². The molecule has 7 nitrogen and oxygen atoms in total. The van der Waals surface area contributed by atoms with Crippen molar-refractivity contribution in [2.75, 3.05) is 26.2 Å². The molecule has 2 rings (SSSR count). The summed E-state index contributed by atoms with van der Waals surface area (Å²) in [5, 5.41) is 14.6. The summed E-state index contributed by atoms with van der Waals surface area (Å²) in [6.45, 7) is 6.57. The maximum absolute atomic E-state index is 12.9. The Kier molecular flexibility index (Phi) is 6.54. The number of nitro groups is 1. The summed E-state index contributed by atoms with van der Waals surface area (Å²) in [6, 6.07) is 4.65. The summed E-state index contributed by atoms with van der Waals surface area (Å²) in [4.78, 5) is 25.5. The van der Waals surface area contributed by atoms with Crippen molar-refractivity contribution in [1.29, 1.82) is 0 Å². The summed E-state index contributed by atoms with van der Waals surface area (Å²) >= 11 is 0. The number of carbonyl (C=O) groups excluding carboxylic acids is 1. The van der Waals surface area contributed by atoms with Crippen molar-refractivity contribution < 1.29 is 14.5 Å². The fourth-order valence-electron chi connectivity index (χ4n) is 3.05. The van der Waals surface area contributed by atoms with E-state index in [-0.39, 0.29) is 23.4 Å². The van der Waals surface area contributed by atoms with E-state index in [9.17, 15) is 14.9 Å². The Balaban J connectivity index is 2.28. The number of benzene rings is 1. The molecule has 0 spiro atoms. The van der Waals surface area contributed by atoms with Gasteiger partial charge in [-0.25, -0.2) is 0 Å². The van der Waals surface area contributed by atoms with E-state index in [2.05, 4.69) is 5.32 Å². The number of amides is 1. The van der Waals surface area contributed by atoms with Gasteiger partial charge in [0.1, 0.15) is 0 Å². The zero-order valence-corrected chi connectivity index (χ0v) is 14.3. The second-order valence-corrected chi connectivity index (χ2v) is 5.85. The Morgan fingerprint density at radius 2 is 2.08 bits per heavy atom. The molecule has 0 saturated carbocycles. The van der Waals surface area contributed by atoms with Crippen LogP contribution in [0.25, 0.3) is 0 Å². The summed E-state index contributed by atoms with van der Waals surface area (Å²) in [5.74, 6) is 0.0536. The van der Waals surface area contributed by atoms with Crippen LogP contribution in [0, 0.1) is 10.1 Å². The summed E-state index contributed by atoms with van der Waals surface area (Å²) < 4.78 is 5.28. The van der Waals surface area contributed by atoms with E-state index in [1.165, 1.54) is 12.1 Å². The molecule has 0 aromatic heterocycles. The molecule has 24 heavy (non-hydrogen) atoms. The predicted octanol–water partition coefficient (Wildman–Crippen LogP) is 2.60. The average Bonchev–Trinajstić information content (AvgIpc) is 2.60. The SMILES string of the molecule is CCCN(C(=O)c1ccc(OCC)c([N+](=O)[O-])c1)C1CCNCC1. The molecule has 0 radical (unpaired) electrons. The molecule has 0 atom stereocenters. The second kappa shape index (κ2) is 8.63. The Hall–Kier alpha value is -2.15. The van der Waals surface area contributed by atoms with Crippen molar-refractivity contribution in [3.05, 3.63) is 33.9 Å². The van der Waals surface area contributed by atoms with Crippen LogP contribution in [0.2, 0.25) is 0 Å². The Bertz CT molecular complexity index is 585. The van der Waals surface area contributed by atoms with Gasteiger partial charge in [0.2, 0.25) is 0 Å². The average molecular weight is 335 g/mol. The van der Waals surface area contributed by atoms with Gasteiger partial charge in [-0.2, -0.15) is 0 Å². The third kappa shape index (κ3) is 4.23. The van der Waals surface area contributed by atoms with E-state index in [4.69, 9.17) is 4.74 Å². The van der Waals surface area contributed by atoms with Crippen molar-refractivity contribution >= 4 is 11.6 Å². The normalized spacial score (nSPS) is 15.1. The van der Waals surface area contributed by atoms with Gasteiger partial charge in [0, 0.05) is 24.2 Å². The Morgan fingerprint density at radius 3 is 2.67 bits per heavy atom. The van der Waals surface area contributed by atoms with Crippen molar-refractivity contribution in [3.63, 3.8) is 0 Å². The van der Waals surface area contributed by atoms with Gasteiger partial charge in [-0.3, -0.25) is 14.9 Å². The predicted molar refractivity (Wildman–Crippen MR) is 91.5 cm³/mol. The second-order valence-electron chi connectivity index (χ2n) is 5.85. The maximum atomic E-state index is 12.9. The minimum Gasteiger partial charge on any atom is -0.487 e. The molecule has 1 aliphatic rings. The number of rotatable bonds is 7. The number of nitrogens with zero attached hydrogens (tertiary/aromatic N) is 2. The minimum atomic E-state index is -0.504. The van der Waals surface area contributed by atoms with Crippen molar-refractivity contribution in [3.8, 4) is 5.75 Å². The van der Waals surface area contributed by atoms with Crippen LogP contribution in [0.3, 0.4) is 0 Å². The van der Waals surface area contributed by atoms with Crippen LogP contribution in [0.1, 0.15) is 43.5 Å². The van der Waals surface area contributed by atoms with Gasteiger partial charge in [0.25, 0.3) is 5.91 Å². The smallest absolute Gasteiger partial charge is 0.311 e. The Morgan fingerprint density at radius 1 is 1.38 bits per heavy atom. The van der Waals surface area contributed by atoms with E-state index in [0.717, 1.165) is 32.4 Å². The lowest BCUT2D eigenvalue weighted by Gasteiger charge is -2.34. The third-order valence-electron chi connectivity index (χ3n) is 4.18. The lowest BCUT2D eigenvalue weighted by Crippen LogP contribution is -2.46. The lowest BCUT2D eigenvalue weighted by molar-refractivity contribution is -0.385. The van der Waals surface area contributed by atoms with Crippen LogP contribution >= 0.6 is 0 Å². The number of hydrogen-bond donors (Lipinski definition) is 1. The van der Waals surface area contributed by atoms with Crippen molar-refractivity contribution in [2.24, 2.45) is 0 Å². The molecule has 1 aliphatic heterocycles. The quantitative estimate of drug-likeness (QED) is 0.611. The van der Waals surface area contributed by atoms with Crippen molar-refractivity contribution in [2.45, 2.75) is 39.2 Å². The van der Waals surface area contributed by atoms with Crippen molar-refractivity contribution in [1.82, 2.24) is 10.2 Å². The number of piperidine rings is 1. The fourth-order valence-corrected chi connectivity index (χ4v) is 3.05. The highest BCUT2D eigenvalue weighted by Crippen LogP contribution is 2.29. The minimum absolute atomic E-state index is 0.144. The topological polar surface area (TPSA) is 84.7 Å². The highest BCUT2D eigenvalue weighted by Gasteiger charge is 2.27. The molecule has 0 unspecified atom stereocenters. The molecule has 1 saturated heterocycles. The van der Waals surface area contributed by atoms with Crippen LogP contribution in [-0.2, 0) is 0 Å². The zero-order valence-electron chi connectivity index (χ0n) is 14.3. The molecule has 1 fully saturated rings. The molecule has 1 N–H and O–H groups in total. The number of carbonyl (C=O) groups is 1. The number of nitrogens with one attached hydrogen (secondary N) is 1. The van der Waals surface area contributed by atoms with Crippen LogP contribution in [0.5, 0.6) is 5.75 Å². The molecule has 1 heterocycles. The van der Waals surface area contributed by atoms with Gasteiger partial charge in [-0.05, 0) is 51.4 Å². The van der Waals surface area contributed by atoms with Crippen LogP contribution in [0.15, 0.2) is 18.2 Å². The molecule has 0 bridgehead atoms. The third-order valence-corrected chi connectivity index (χ3v) is 4.18. The van der Waals surface area contributed by atoms with E-state index >= 15 is 0 Å². The van der Waals surface area contributed by atoms with Gasteiger partial charge in [0.15, 0.2) is 5.75 Å². The lowest BCUT2D eigenvalue weighted by atomic mass is 10.0. The molecule has 132 valence electrons. The van der Waals surface area contributed by atoms with E-state index in [1.807, 2.05) is 11.8 Å². The standard InChI is InChI=1S/C17H25N3O4/c1-3-11-19(14-7-9-18-10-8-14)17(21)13-5-6-16(24-4-2)15(12-13)20(22)23/h5-6,12,14,18H,3-4,7-11H2,1-2H3. The maximum Gasteiger partial charge on any atom is 0.311 e. The van der Waals surface area contributed by atoms with Gasteiger partial charge >= 0.3 is 5.69 Å². The molecule has 7 heteroatoms. The van der Waals surface area contributed by atoms with Crippen LogP contribution < -0.4 is 10.1 Å². The zero-order chi connectivity index (χ0) is 17.5. The molecular weight excluding hydrogens is 310 g/mol. The number of nitro benzene ring substituents is 1. The monoisotopic (exact) mass is 335 g/mol. The molecule has 1 aromatic rings.